The van der Waals surface area contributed by atoms with Gasteiger partial charge in [-0.1, -0.05) is 176 Å². The van der Waals surface area contributed by atoms with E-state index in [1.807, 2.05) is 24.3 Å². The van der Waals surface area contributed by atoms with Crippen molar-refractivity contribution in [1.82, 2.24) is 10.3 Å². The molecule has 7 aromatic carbocycles. The number of benzene rings is 7. The van der Waals surface area contributed by atoms with E-state index in [2.05, 4.69) is 176 Å². The summed E-state index contributed by atoms with van der Waals surface area (Å²) in [5, 5.41) is 3.67. The lowest BCUT2D eigenvalue weighted by molar-refractivity contribution is 0.755. The Hall–Kier alpha value is -7.17. The van der Waals surface area contributed by atoms with Crippen LogP contribution < -0.4 is 5.32 Å². The highest BCUT2D eigenvalue weighted by Crippen LogP contribution is 2.62. The number of nitrogens with zero attached hydrogens (tertiary/aromatic N) is 3. The van der Waals surface area contributed by atoms with Crippen LogP contribution in [0.3, 0.4) is 0 Å². The zero-order valence-electron chi connectivity index (χ0n) is 30.8. The molecule has 0 saturated heterocycles. The Labute approximate surface area is 326 Å². The summed E-state index contributed by atoms with van der Waals surface area (Å²) in [7, 11) is 0. The lowest BCUT2D eigenvalue weighted by atomic mass is 9.70. The predicted octanol–water partition coefficient (Wildman–Crippen LogP) is 11.6. The van der Waals surface area contributed by atoms with E-state index in [-0.39, 0.29) is 0 Å². The normalized spacial score (nSPS) is 15.6. The Morgan fingerprint density at radius 2 is 0.893 bits per heavy atom. The van der Waals surface area contributed by atoms with E-state index >= 15 is 0 Å². The average Bonchev–Trinajstić information content (AvgIpc) is 3.74. The highest BCUT2D eigenvalue weighted by molar-refractivity contribution is 6.16. The molecule has 0 bridgehead atoms. The standard InChI is InChI=1S/C52H36N4/c1-33-39(30-31-48(53-33)35-14-4-2-5-15-35)34-24-26-37(27-25-34)50-54-49(36-16-6-3-7-17-36)55-51(56-50)38-28-29-43-42-20-10-13-23-46(42)52(47(43)32-38)44-21-11-8-18-40(44)41-19-9-12-22-45(41)52/h2-32,50H,1H3,(H,54,55,56). The van der Waals surface area contributed by atoms with Gasteiger partial charge in [-0.3, -0.25) is 4.98 Å². The van der Waals surface area contributed by atoms with E-state index in [0.717, 1.165) is 56.4 Å². The van der Waals surface area contributed by atoms with Gasteiger partial charge in [0.15, 0.2) is 6.17 Å². The number of hydrogen-bond donors (Lipinski definition) is 1. The maximum atomic E-state index is 5.35. The van der Waals surface area contributed by atoms with Crippen LogP contribution in [-0.4, -0.2) is 16.7 Å². The summed E-state index contributed by atoms with van der Waals surface area (Å²) in [6, 6.07) is 67.3. The molecule has 56 heavy (non-hydrogen) atoms. The number of aromatic nitrogens is 1. The Morgan fingerprint density at radius 1 is 0.411 bits per heavy atom. The number of rotatable bonds is 5. The van der Waals surface area contributed by atoms with Crippen molar-refractivity contribution in [2.45, 2.75) is 18.5 Å². The molecule has 4 heteroatoms. The number of pyridine rings is 1. The summed E-state index contributed by atoms with van der Waals surface area (Å²) in [5.41, 5.74) is 18.4. The van der Waals surface area contributed by atoms with E-state index < -0.39 is 11.6 Å². The number of nitrogens with one attached hydrogen (secondary N) is 1. The Bertz CT molecular complexity index is 2830. The molecular weight excluding hydrogens is 681 g/mol. The third kappa shape index (κ3) is 4.89. The first-order valence-electron chi connectivity index (χ1n) is 19.2. The molecule has 8 aromatic rings. The molecule has 1 aliphatic heterocycles. The third-order valence-electron chi connectivity index (χ3n) is 11.7. The number of amidine groups is 2. The van der Waals surface area contributed by atoms with E-state index in [0.29, 0.717) is 0 Å². The number of aryl methyl sites for hydroxylation is 1. The van der Waals surface area contributed by atoms with E-state index in [4.69, 9.17) is 15.0 Å². The first kappa shape index (κ1) is 32.3. The van der Waals surface area contributed by atoms with Crippen molar-refractivity contribution in [3.05, 3.63) is 233 Å². The quantitative estimate of drug-likeness (QED) is 0.193. The summed E-state index contributed by atoms with van der Waals surface area (Å²) in [4.78, 5) is 15.5. The molecule has 3 aliphatic rings. The molecule has 1 spiro atoms. The van der Waals surface area contributed by atoms with Crippen molar-refractivity contribution in [1.29, 1.82) is 0 Å². The van der Waals surface area contributed by atoms with Gasteiger partial charge < -0.3 is 5.32 Å². The van der Waals surface area contributed by atoms with Crippen molar-refractivity contribution in [3.63, 3.8) is 0 Å². The van der Waals surface area contributed by atoms with Crippen molar-refractivity contribution in [2.24, 2.45) is 9.98 Å². The zero-order valence-corrected chi connectivity index (χ0v) is 30.8. The summed E-state index contributed by atoms with van der Waals surface area (Å²) in [6.45, 7) is 2.08. The molecule has 1 atom stereocenters. The molecule has 0 radical (unpaired) electrons. The van der Waals surface area contributed by atoms with Crippen molar-refractivity contribution < 1.29 is 0 Å². The third-order valence-corrected chi connectivity index (χ3v) is 11.7. The van der Waals surface area contributed by atoms with Crippen LogP contribution in [0.25, 0.3) is 44.6 Å². The van der Waals surface area contributed by atoms with Crippen LogP contribution in [0.2, 0.25) is 0 Å². The molecule has 0 amide bonds. The molecule has 0 saturated carbocycles. The van der Waals surface area contributed by atoms with Gasteiger partial charge in [0.25, 0.3) is 0 Å². The van der Waals surface area contributed by atoms with E-state index in [9.17, 15) is 0 Å². The van der Waals surface area contributed by atoms with E-state index in [1.165, 1.54) is 44.5 Å². The molecule has 0 fully saturated rings. The number of aliphatic imine (C=N–C) groups is 2. The van der Waals surface area contributed by atoms with Gasteiger partial charge >= 0.3 is 0 Å². The van der Waals surface area contributed by atoms with Gasteiger partial charge in [-0.25, -0.2) is 9.98 Å². The maximum Gasteiger partial charge on any atom is 0.169 e. The van der Waals surface area contributed by atoms with E-state index in [1.54, 1.807) is 0 Å². The van der Waals surface area contributed by atoms with Crippen molar-refractivity contribution in [2.75, 3.05) is 0 Å². The number of fused-ring (bicyclic) bond motifs is 10. The lowest BCUT2D eigenvalue weighted by Gasteiger charge is -2.31. The maximum absolute atomic E-state index is 5.35. The highest BCUT2D eigenvalue weighted by Gasteiger charge is 2.51. The SMILES string of the molecule is Cc1nc(-c2ccccc2)ccc1-c1ccc(C2N=C(c3ccccc3)NC(c3ccc4c(c3)C3(c5ccccc5-c5ccccc53)c3ccccc3-4)=N2)cc1. The zero-order chi connectivity index (χ0) is 37.2. The molecular formula is C52H36N4. The average molecular weight is 717 g/mol. The summed E-state index contributed by atoms with van der Waals surface area (Å²) in [6.07, 6.45) is -0.428. The van der Waals surface area contributed by atoms with Crippen LogP contribution in [0, 0.1) is 6.92 Å². The van der Waals surface area contributed by atoms with Crippen LogP contribution >= 0.6 is 0 Å². The molecule has 2 heterocycles. The predicted molar refractivity (Wildman–Crippen MR) is 228 cm³/mol. The smallest absolute Gasteiger partial charge is 0.169 e. The van der Waals surface area contributed by atoms with Crippen molar-refractivity contribution in [3.8, 4) is 44.6 Å². The van der Waals surface area contributed by atoms with Gasteiger partial charge in [0.05, 0.1) is 11.1 Å². The second kappa shape index (κ2) is 12.7. The first-order chi connectivity index (χ1) is 27.7. The second-order valence-corrected chi connectivity index (χ2v) is 14.8. The monoisotopic (exact) mass is 716 g/mol. The second-order valence-electron chi connectivity index (χ2n) is 14.8. The van der Waals surface area contributed by atoms with Gasteiger partial charge in [-0.2, -0.15) is 0 Å². The molecule has 1 N–H and O–H groups in total. The Kier molecular flexibility index (Phi) is 7.33. The minimum Gasteiger partial charge on any atom is -0.324 e. The summed E-state index contributed by atoms with van der Waals surface area (Å²) >= 11 is 0. The van der Waals surface area contributed by atoms with Gasteiger partial charge in [0.2, 0.25) is 0 Å². The molecule has 2 aliphatic carbocycles. The molecule has 1 unspecified atom stereocenters. The fourth-order valence-corrected chi connectivity index (χ4v) is 9.20. The Morgan fingerprint density at radius 3 is 1.48 bits per heavy atom. The number of hydrogen-bond acceptors (Lipinski definition) is 4. The van der Waals surface area contributed by atoms with Gasteiger partial charge in [-0.15, -0.1) is 0 Å². The first-order valence-corrected chi connectivity index (χ1v) is 19.2. The Balaban J connectivity index is 1.02. The largest absolute Gasteiger partial charge is 0.324 e. The van der Waals surface area contributed by atoms with Crippen LogP contribution in [0.1, 0.15) is 50.8 Å². The fraction of sp³-hybridized carbons (Fsp3) is 0.0577. The van der Waals surface area contributed by atoms with Crippen LogP contribution in [-0.2, 0) is 5.41 Å². The summed E-state index contributed by atoms with van der Waals surface area (Å²) < 4.78 is 0. The molecule has 11 rings (SSSR count). The van der Waals surface area contributed by atoms with Crippen molar-refractivity contribution >= 4 is 11.7 Å². The highest BCUT2D eigenvalue weighted by atomic mass is 15.2. The van der Waals surface area contributed by atoms with Crippen LogP contribution in [0.15, 0.2) is 198 Å². The molecule has 1 aromatic heterocycles. The lowest BCUT2D eigenvalue weighted by Crippen LogP contribution is -2.36. The van der Waals surface area contributed by atoms with Gasteiger partial charge in [-0.05, 0) is 74.7 Å². The topological polar surface area (TPSA) is 49.6 Å². The summed E-state index contributed by atoms with van der Waals surface area (Å²) in [5.74, 6) is 1.61. The van der Waals surface area contributed by atoms with Crippen LogP contribution in [0.4, 0.5) is 0 Å². The van der Waals surface area contributed by atoms with Gasteiger partial charge in [0.1, 0.15) is 11.7 Å². The minimum absolute atomic E-state index is 0.428. The van der Waals surface area contributed by atoms with Crippen LogP contribution in [0.5, 0.6) is 0 Å². The van der Waals surface area contributed by atoms with Gasteiger partial charge in [0, 0.05) is 27.9 Å². The molecule has 264 valence electrons. The fourth-order valence-electron chi connectivity index (χ4n) is 9.20. The molecule has 4 nitrogen and oxygen atoms in total. The minimum atomic E-state index is -0.428.